The van der Waals surface area contributed by atoms with Crippen molar-refractivity contribution in [1.82, 2.24) is 0 Å². The van der Waals surface area contributed by atoms with E-state index in [1.54, 1.807) is 21.6 Å². The lowest BCUT2D eigenvalue weighted by Crippen LogP contribution is -3.00. The second-order valence-corrected chi connectivity index (χ2v) is 16.4. The molecule has 0 aliphatic carbocycles. The highest BCUT2D eigenvalue weighted by Crippen LogP contribution is 2.38. The highest BCUT2D eigenvalue weighted by atomic mass is 79.9. The third kappa shape index (κ3) is 9.39. The van der Waals surface area contributed by atoms with Crippen LogP contribution in [0.3, 0.4) is 0 Å². The Kier molecular flexibility index (Phi) is 14.1. The molecule has 4 nitrogen and oxygen atoms in total. The summed E-state index contributed by atoms with van der Waals surface area (Å²) < 4.78 is 4.64. The van der Waals surface area contributed by atoms with Gasteiger partial charge < -0.3 is 43.8 Å². The van der Waals surface area contributed by atoms with Gasteiger partial charge in [-0.2, -0.15) is 9.13 Å². The lowest BCUT2D eigenvalue weighted by molar-refractivity contribution is -0.662. The van der Waals surface area contributed by atoms with Crippen molar-refractivity contribution in [2.45, 2.75) is 22.9 Å². The molecule has 0 bridgehead atoms. The predicted octanol–water partition coefficient (Wildman–Crippen LogP) is 6.31. The number of pyridine rings is 2. The Morgan fingerprint density at radius 1 is 0.446 bits per heavy atom. The number of benzene rings is 6. The van der Waals surface area contributed by atoms with Gasteiger partial charge in [0.05, 0.1) is 22.1 Å². The molecule has 8 aromatic rings. The van der Waals surface area contributed by atoms with E-state index in [4.69, 9.17) is 23.2 Å². The SMILES string of the molecule is CN(c1ccc(Cl)cc1)c1cc[n+](Cc2ccc(SSc3ccc(C[n+]4ccc(N(C)c5ccc(Cl)cc5)c5ccccc54)cc3)cc2)c2ccccc12.[Br-].[Br-]. The van der Waals surface area contributed by atoms with Gasteiger partial charge in [-0.15, -0.1) is 0 Å². The van der Waals surface area contributed by atoms with E-state index in [1.165, 1.54) is 42.7 Å². The zero-order valence-electron chi connectivity index (χ0n) is 30.7. The Morgan fingerprint density at radius 3 is 1.18 bits per heavy atom. The lowest BCUT2D eigenvalue weighted by Gasteiger charge is -2.21. The highest BCUT2D eigenvalue weighted by molar-refractivity contribution is 8.76. The molecule has 0 aliphatic heterocycles. The van der Waals surface area contributed by atoms with Crippen molar-refractivity contribution < 1.29 is 43.1 Å². The van der Waals surface area contributed by atoms with E-state index in [0.29, 0.717) is 0 Å². The molecule has 2 aromatic heterocycles. The number of rotatable bonds is 11. The molecule has 0 unspecified atom stereocenters. The molecular weight excluding hydrogens is 903 g/mol. The molecule has 0 radical (unpaired) electrons. The van der Waals surface area contributed by atoms with E-state index in [1.807, 2.05) is 24.3 Å². The molecule has 0 saturated carbocycles. The van der Waals surface area contributed by atoms with Crippen molar-refractivity contribution in [2.24, 2.45) is 0 Å². The standard InChI is InChI=1S/C46H38Cl2N4S2.2BrH/c1-49(37-19-15-35(47)16-20-37)43-27-29-51(45-9-5-3-7-41(43)45)31-33-11-23-39(24-12-33)53-54-40-25-13-34(14-26-40)32-52-30-28-44(42-8-4-6-10-46(42)52)50(2)38-21-17-36(48)18-22-38;;/h3-30H,31-32H2,1-2H3;2*1H/q+2;;/p-2. The summed E-state index contributed by atoms with van der Waals surface area (Å²) in [5, 5.41) is 3.88. The Morgan fingerprint density at radius 2 is 0.804 bits per heavy atom. The van der Waals surface area contributed by atoms with Gasteiger partial charge in [0, 0.05) is 80.7 Å². The van der Waals surface area contributed by atoms with Crippen LogP contribution in [0.15, 0.2) is 180 Å². The summed E-state index contributed by atoms with van der Waals surface area (Å²) in [5.41, 5.74) is 9.41. The van der Waals surface area contributed by atoms with Crippen LogP contribution in [-0.2, 0) is 13.1 Å². The van der Waals surface area contributed by atoms with E-state index in [9.17, 15) is 0 Å². The van der Waals surface area contributed by atoms with Gasteiger partial charge in [0.15, 0.2) is 25.5 Å². The number of anilines is 4. The molecule has 2 heterocycles. The highest BCUT2D eigenvalue weighted by Gasteiger charge is 2.18. The van der Waals surface area contributed by atoms with Gasteiger partial charge in [0.1, 0.15) is 0 Å². The van der Waals surface area contributed by atoms with E-state index >= 15 is 0 Å². The summed E-state index contributed by atoms with van der Waals surface area (Å²) >= 11 is 12.3. The zero-order chi connectivity index (χ0) is 37.0. The van der Waals surface area contributed by atoms with Crippen LogP contribution in [0.4, 0.5) is 22.7 Å². The van der Waals surface area contributed by atoms with Crippen molar-refractivity contribution in [3.63, 3.8) is 0 Å². The van der Waals surface area contributed by atoms with Crippen LogP contribution in [-0.4, -0.2) is 14.1 Å². The molecule has 0 fully saturated rings. The smallest absolute Gasteiger partial charge is 0.214 e. The lowest BCUT2D eigenvalue weighted by atomic mass is 10.1. The summed E-state index contributed by atoms with van der Waals surface area (Å²) in [7, 11) is 7.78. The second kappa shape index (κ2) is 18.9. The Balaban J connectivity index is 0.00000266. The third-order valence-corrected chi connectivity index (χ3v) is 12.7. The quantitative estimate of drug-likeness (QED) is 0.112. The van der Waals surface area contributed by atoms with Crippen LogP contribution in [0.1, 0.15) is 11.1 Å². The first-order valence-corrected chi connectivity index (χ1v) is 20.6. The minimum atomic E-state index is 0. The third-order valence-electron chi connectivity index (χ3n) is 9.74. The molecule has 0 spiro atoms. The van der Waals surface area contributed by atoms with Crippen LogP contribution in [0.2, 0.25) is 10.0 Å². The Bertz CT molecular complexity index is 2380. The summed E-state index contributed by atoms with van der Waals surface area (Å²) in [4.78, 5) is 6.88. The Hall–Kier alpha value is -4.02. The van der Waals surface area contributed by atoms with Crippen LogP contribution in [0.5, 0.6) is 0 Å². The number of para-hydroxylation sites is 2. The van der Waals surface area contributed by atoms with Crippen LogP contribution in [0, 0.1) is 0 Å². The molecule has 0 atom stereocenters. The second-order valence-electron chi connectivity index (χ2n) is 13.2. The van der Waals surface area contributed by atoms with Gasteiger partial charge in [0.2, 0.25) is 11.0 Å². The molecule has 0 amide bonds. The molecular formula is C46H38Br2Cl2N4S2. The Labute approximate surface area is 367 Å². The maximum atomic E-state index is 6.15. The summed E-state index contributed by atoms with van der Waals surface area (Å²) in [6, 6.07) is 55.4. The van der Waals surface area contributed by atoms with Gasteiger partial charge in [0.25, 0.3) is 0 Å². The number of aromatic nitrogens is 2. The number of halogens is 4. The monoisotopic (exact) mass is 938 g/mol. The predicted molar refractivity (Wildman–Crippen MR) is 230 cm³/mol. The van der Waals surface area contributed by atoms with E-state index in [2.05, 4.69) is 179 Å². The van der Waals surface area contributed by atoms with Gasteiger partial charge in [-0.05, 0) is 84.9 Å². The number of nitrogens with zero attached hydrogens (tertiary/aromatic N) is 4. The minimum Gasteiger partial charge on any atom is -1.00 e. The molecule has 8 rings (SSSR count). The average Bonchev–Trinajstić information content (AvgIpc) is 3.21. The van der Waals surface area contributed by atoms with E-state index < -0.39 is 0 Å². The fourth-order valence-corrected chi connectivity index (χ4v) is 8.98. The first-order valence-electron chi connectivity index (χ1n) is 17.7. The molecule has 0 saturated heterocycles. The average molecular weight is 942 g/mol. The topological polar surface area (TPSA) is 14.2 Å². The van der Waals surface area contributed by atoms with Crippen molar-refractivity contribution in [3.05, 3.63) is 191 Å². The molecule has 0 aliphatic rings. The van der Waals surface area contributed by atoms with Gasteiger partial charge in [-0.3, -0.25) is 0 Å². The first kappa shape index (κ1) is 41.6. The maximum Gasteiger partial charge on any atom is 0.214 e. The largest absolute Gasteiger partial charge is 1.00 e. The molecule has 6 aromatic carbocycles. The first-order chi connectivity index (χ1) is 26.4. The fourth-order valence-electron chi connectivity index (χ4n) is 6.80. The van der Waals surface area contributed by atoms with Crippen LogP contribution < -0.4 is 52.9 Å². The number of fused-ring (bicyclic) bond motifs is 2. The zero-order valence-corrected chi connectivity index (χ0v) is 37.0. The van der Waals surface area contributed by atoms with Gasteiger partial charge >= 0.3 is 0 Å². The summed E-state index contributed by atoms with van der Waals surface area (Å²) in [6.45, 7) is 1.58. The normalized spacial score (nSPS) is 10.9. The van der Waals surface area contributed by atoms with E-state index in [0.717, 1.165) is 45.9 Å². The van der Waals surface area contributed by atoms with E-state index in [-0.39, 0.29) is 34.0 Å². The maximum absolute atomic E-state index is 6.15. The summed E-state index contributed by atoms with van der Waals surface area (Å²) in [5.74, 6) is 0. The molecule has 56 heavy (non-hydrogen) atoms. The van der Waals surface area contributed by atoms with Crippen LogP contribution in [0.25, 0.3) is 21.8 Å². The van der Waals surface area contributed by atoms with Crippen molar-refractivity contribution >= 4 is 89.3 Å². The number of hydrogen-bond acceptors (Lipinski definition) is 4. The van der Waals surface area contributed by atoms with Crippen molar-refractivity contribution in [2.75, 3.05) is 23.9 Å². The molecule has 10 heteroatoms. The summed E-state index contributed by atoms with van der Waals surface area (Å²) in [6.07, 6.45) is 4.37. The molecule has 0 N–H and O–H groups in total. The minimum absolute atomic E-state index is 0. The molecule has 282 valence electrons. The van der Waals surface area contributed by atoms with Gasteiger partial charge in [-0.1, -0.05) is 93.3 Å². The van der Waals surface area contributed by atoms with Crippen molar-refractivity contribution in [3.8, 4) is 0 Å². The number of hydrogen-bond donors (Lipinski definition) is 0. The van der Waals surface area contributed by atoms with Crippen LogP contribution >= 0.6 is 44.8 Å². The van der Waals surface area contributed by atoms with Gasteiger partial charge in [-0.25, -0.2) is 0 Å². The van der Waals surface area contributed by atoms with Crippen molar-refractivity contribution in [1.29, 1.82) is 0 Å². The fraction of sp³-hybridized carbons (Fsp3) is 0.0870.